The van der Waals surface area contributed by atoms with Crippen LogP contribution in [0.15, 0.2) is 48.5 Å². The van der Waals surface area contributed by atoms with Gasteiger partial charge in [-0.1, -0.05) is 12.1 Å². The zero-order chi connectivity index (χ0) is 37.8. The highest BCUT2D eigenvalue weighted by Gasteiger charge is 2.16. The summed E-state index contributed by atoms with van der Waals surface area (Å²) in [7, 11) is 0. The average molecular weight is 681 g/mol. The van der Waals surface area contributed by atoms with Crippen molar-refractivity contribution in [3.8, 4) is 0 Å². The summed E-state index contributed by atoms with van der Waals surface area (Å²) in [4.78, 5) is 0. The molecule has 0 heterocycles. The van der Waals surface area contributed by atoms with Gasteiger partial charge < -0.3 is 0 Å². The van der Waals surface area contributed by atoms with Gasteiger partial charge in [0.05, 0.1) is 0 Å². The molecular formula is C52H56. The SMILES string of the molecule is Cc1c(C)c(C)c2cc3c(ccc4c(C)c(C)c(C)c(C)c43)cc2c1C.Cc1c(C)c(C)c2cc3cc4c(C)c(C)c(C)c(C)c4cc3cc2c1C. The monoisotopic (exact) mass is 680 g/mol. The van der Waals surface area contributed by atoms with Crippen LogP contribution in [0.5, 0.6) is 0 Å². The molecule has 0 saturated heterocycles. The van der Waals surface area contributed by atoms with Gasteiger partial charge in [0.2, 0.25) is 0 Å². The summed E-state index contributed by atoms with van der Waals surface area (Å²) < 4.78 is 0. The molecule has 0 radical (unpaired) electrons. The maximum absolute atomic E-state index is 2.45. The smallest absolute Gasteiger partial charge is 0.00704 e. The zero-order valence-corrected chi connectivity index (χ0v) is 34.6. The van der Waals surface area contributed by atoms with E-state index < -0.39 is 0 Å². The Labute approximate surface area is 311 Å². The van der Waals surface area contributed by atoms with Gasteiger partial charge >= 0.3 is 0 Å². The van der Waals surface area contributed by atoms with Gasteiger partial charge in [-0.2, -0.15) is 0 Å². The van der Waals surface area contributed by atoms with Crippen LogP contribution in [0.2, 0.25) is 0 Å². The minimum Gasteiger partial charge on any atom is -0.0537 e. The van der Waals surface area contributed by atoms with Crippen LogP contribution >= 0.6 is 0 Å². The van der Waals surface area contributed by atoms with Gasteiger partial charge in [0.25, 0.3) is 0 Å². The van der Waals surface area contributed by atoms with Crippen LogP contribution in [0.25, 0.3) is 64.6 Å². The first-order valence-corrected chi connectivity index (χ1v) is 19.1. The summed E-state index contributed by atoms with van der Waals surface area (Å²) in [6, 6.07) is 19.1. The molecule has 0 unspecified atom stereocenters. The van der Waals surface area contributed by atoms with Crippen LogP contribution in [0.4, 0.5) is 0 Å². The first-order chi connectivity index (χ1) is 24.5. The van der Waals surface area contributed by atoms with Crippen molar-refractivity contribution < 1.29 is 0 Å². The normalized spacial score (nSPS) is 11.8. The summed E-state index contributed by atoms with van der Waals surface area (Å²) >= 11 is 0. The Morgan fingerprint density at radius 3 is 0.769 bits per heavy atom. The fraction of sp³-hybridized carbons (Fsp3) is 0.308. The minimum atomic E-state index is 1.35. The van der Waals surface area contributed by atoms with E-state index in [0.717, 1.165) is 0 Å². The second-order valence-electron chi connectivity index (χ2n) is 16.2. The van der Waals surface area contributed by atoms with Crippen molar-refractivity contribution in [2.45, 2.75) is 111 Å². The van der Waals surface area contributed by atoms with Gasteiger partial charge in [-0.15, -0.1) is 0 Å². The third kappa shape index (κ3) is 5.08. The predicted molar refractivity (Wildman–Crippen MR) is 234 cm³/mol. The van der Waals surface area contributed by atoms with Gasteiger partial charge in [0, 0.05) is 0 Å². The van der Waals surface area contributed by atoms with Crippen molar-refractivity contribution in [2.75, 3.05) is 0 Å². The molecule has 0 atom stereocenters. The zero-order valence-electron chi connectivity index (χ0n) is 34.6. The van der Waals surface area contributed by atoms with Crippen LogP contribution in [0.1, 0.15) is 89.0 Å². The average Bonchev–Trinajstić information content (AvgIpc) is 3.15. The van der Waals surface area contributed by atoms with Crippen molar-refractivity contribution >= 4 is 64.6 Å². The highest BCUT2D eigenvalue weighted by atomic mass is 14.2. The predicted octanol–water partition coefficient (Wildman–Crippen LogP) is 15.2. The molecule has 0 heteroatoms. The van der Waals surface area contributed by atoms with Crippen LogP contribution in [0.3, 0.4) is 0 Å². The summed E-state index contributed by atoms with van der Waals surface area (Å²) in [5.41, 5.74) is 22.7. The van der Waals surface area contributed by atoms with Crippen molar-refractivity contribution in [2.24, 2.45) is 0 Å². The third-order valence-corrected chi connectivity index (χ3v) is 14.2. The van der Waals surface area contributed by atoms with Crippen LogP contribution in [0, 0.1) is 111 Å². The fourth-order valence-corrected chi connectivity index (χ4v) is 9.15. The van der Waals surface area contributed by atoms with Gasteiger partial charge in [-0.25, -0.2) is 0 Å². The molecule has 0 spiro atoms. The molecule has 0 aliphatic carbocycles. The van der Waals surface area contributed by atoms with E-state index >= 15 is 0 Å². The number of hydrogen-bond donors (Lipinski definition) is 0. The van der Waals surface area contributed by atoms with Crippen LogP contribution < -0.4 is 0 Å². The molecule has 0 saturated carbocycles. The summed E-state index contributed by atoms with van der Waals surface area (Å²) in [5.74, 6) is 0. The van der Waals surface area contributed by atoms with E-state index in [1.165, 1.54) is 154 Å². The van der Waals surface area contributed by atoms with E-state index in [0.29, 0.717) is 0 Å². The van der Waals surface area contributed by atoms with Crippen molar-refractivity contribution in [3.05, 3.63) is 138 Å². The molecule has 0 aliphatic heterocycles. The van der Waals surface area contributed by atoms with Gasteiger partial charge in [0.1, 0.15) is 0 Å². The molecule has 0 amide bonds. The molecule has 264 valence electrons. The molecule has 0 aliphatic rings. The van der Waals surface area contributed by atoms with Crippen molar-refractivity contribution in [1.29, 1.82) is 0 Å². The third-order valence-electron chi connectivity index (χ3n) is 14.2. The molecule has 0 N–H and O–H groups in total. The number of benzene rings is 8. The highest BCUT2D eigenvalue weighted by molar-refractivity contribution is 6.15. The molecule has 8 aromatic rings. The van der Waals surface area contributed by atoms with Crippen LogP contribution in [-0.4, -0.2) is 0 Å². The maximum atomic E-state index is 2.45. The number of fused-ring (bicyclic) bond motifs is 7. The first-order valence-electron chi connectivity index (χ1n) is 19.1. The Kier molecular flexibility index (Phi) is 8.57. The van der Waals surface area contributed by atoms with E-state index in [2.05, 4.69) is 159 Å². The molecular weight excluding hydrogens is 625 g/mol. The van der Waals surface area contributed by atoms with E-state index in [-0.39, 0.29) is 0 Å². The fourth-order valence-electron chi connectivity index (χ4n) is 9.15. The largest absolute Gasteiger partial charge is 0.0537 e. The highest BCUT2D eigenvalue weighted by Crippen LogP contribution is 2.40. The maximum Gasteiger partial charge on any atom is -0.00704 e. The van der Waals surface area contributed by atoms with E-state index in [9.17, 15) is 0 Å². The van der Waals surface area contributed by atoms with E-state index in [1.807, 2.05) is 0 Å². The second-order valence-corrected chi connectivity index (χ2v) is 16.2. The number of rotatable bonds is 0. The first kappa shape index (κ1) is 35.7. The summed E-state index contributed by atoms with van der Waals surface area (Å²) in [6.07, 6.45) is 0. The Hall–Kier alpha value is -4.68. The number of hydrogen-bond acceptors (Lipinski definition) is 0. The lowest BCUT2D eigenvalue weighted by Gasteiger charge is -2.18. The van der Waals surface area contributed by atoms with Crippen molar-refractivity contribution in [1.82, 2.24) is 0 Å². The standard InChI is InChI=1S/2C26H28/c1-13-14(2)18(6)24-10-22-12-26-20(8)16(4)15(3)19(7)25(26)11-21(22)9-23(24)17(13)5;1-13-14(2)19(7)24-12-25-21(11-23(24)18(13)6)9-10-22-17(5)15(3)16(4)20(8)26(22)25/h2*9-12H,1-8H3. The lowest BCUT2D eigenvalue weighted by atomic mass is 9.86. The van der Waals surface area contributed by atoms with E-state index in [1.54, 1.807) is 0 Å². The van der Waals surface area contributed by atoms with Crippen LogP contribution in [-0.2, 0) is 0 Å². The Balaban J connectivity index is 0.000000162. The molecule has 8 aromatic carbocycles. The molecule has 0 nitrogen and oxygen atoms in total. The Morgan fingerprint density at radius 1 is 0.192 bits per heavy atom. The summed E-state index contributed by atoms with van der Waals surface area (Å²) in [5, 5.41) is 16.7. The molecule has 0 bridgehead atoms. The lowest BCUT2D eigenvalue weighted by Crippen LogP contribution is -1.97. The molecule has 0 fully saturated rings. The quantitative estimate of drug-likeness (QED) is 0.110. The lowest BCUT2D eigenvalue weighted by molar-refractivity contribution is 1.25. The molecule has 0 aromatic heterocycles. The summed E-state index contributed by atoms with van der Waals surface area (Å²) in [6.45, 7) is 36.2. The van der Waals surface area contributed by atoms with Gasteiger partial charge in [0.15, 0.2) is 0 Å². The van der Waals surface area contributed by atoms with E-state index in [4.69, 9.17) is 0 Å². The Bertz CT molecular complexity index is 2600. The van der Waals surface area contributed by atoms with Gasteiger partial charge in [-0.3, -0.25) is 0 Å². The number of aryl methyl sites for hydroxylation is 8. The van der Waals surface area contributed by atoms with Gasteiger partial charge in [-0.05, 0) is 301 Å². The second kappa shape index (κ2) is 12.5. The topological polar surface area (TPSA) is 0 Å². The minimum absolute atomic E-state index is 1.35. The molecule has 8 rings (SSSR count). The molecule has 52 heavy (non-hydrogen) atoms. The van der Waals surface area contributed by atoms with Crippen molar-refractivity contribution in [3.63, 3.8) is 0 Å². The Morgan fingerprint density at radius 2 is 0.442 bits per heavy atom.